The highest BCUT2D eigenvalue weighted by molar-refractivity contribution is 5.93. The molecular weight excluding hydrogens is 252 g/mol. The first-order valence-electron chi connectivity index (χ1n) is 7.29. The van der Waals surface area contributed by atoms with Crippen LogP contribution in [0.3, 0.4) is 0 Å². The Kier molecular flexibility index (Phi) is 7.40. The largest absolute Gasteiger partial charge is 0.326 e. The fourth-order valence-corrected chi connectivity index (χ4v) is 1.99. The summed E-state index contributed by atoms with van der Waals surface area (Å²) in [5.74, 6) is -0.0918. The lowest BCUT2D eigenvalue weighted by Crippen LogP contribution is -2.12. The molecule has 2 amide bonds. The van der Waals surface area contributed by atoms with Gasteiger partial charge in [-0.05, 0) is 24.6 Å². The van der Waals surface area contributed by atoms with Gasteiger partial charge in [0.1, 0.15) is 0 Å². The summed E-state index contributed by atoms with van der Waals surface area (Å²) in [5.41, 5.74) is 1.41. The van der Waals surface area contributed by atoms with Crippen molar-refractivity contribution in [1.82, 2.24) is 0 Å². The number of carbonyl (C=O) groups is 2. The molecule has 0 bridgehead atoms. The zero-order chi connectivity index (χ0) is 14.8. The Balaban J connectivity index is 2.36. The maximum absolute atomic E-state index is 11.8. The molecule has 110 valence electrons. The smallest absolute Gasteiger partial charge is 0.224 e. The standard InChI is InChI=1S/C16H24N2O2/c1-3-4-5-6-7-11-16(20)18-15-10-8-9-14(12-15)17-13(2)19/h8-10,12H,3-7,11H2,1-2H3,(H,17,19)(H,18,20). The number of amides is 2. The summed E-state index contributed by atoms with van der Waals surface area (Å²) in [6.45, 7) is 3.64. The third-order valence-corrected chi connectivity index (χ3v) is 2.97. The van der Waals surface area contributed by atoms with Gasteiger partial charge in [-0.15, -0.1) is 0 Å². The molecule has 20 heavy (non-hydrogen) atoms. The molecule has 0 fully saturated rings. The van der Waals surface area contributed by atoms with Crippen molar-refractivity contribution < 1.29 is 9.59 Å². The van der Waals surface area contributed by atoms with Crippen molar-refractivity contribution in [2.24, 2.45) is 0 Å². The van der Waals surface area contributed by atoms with Gasteiger partial charge in [-0.3, -0.25) is 9.59 Å². The third kappa shape index (κ3) is 6.92. The molecular formula is C16H24N2O2. The first kappa shape index (κ1) is 16.2. The van der Waals surface area contributed by atoms with Gasteiger partial charge in [0.15, 0.2) is 0 Å². The third-order valence-electron chi connectivity index (χ3n) is 2.97. The molecule has 0 spiro atoms. The van der Waals surface area contributed by atoms with Crippen LogP contribution in [0.15, 0.2) is 24.3 Å². The summed E-state index contributed by atoms with van der Waals surface area (Å²) in [6.07, 6.45) is 6.23. The zero-order valence-electron chi connectivity index (χ0n) is 12.4. The lowest BCUT2D eigenvalue weighted by Gasteiger charge is -2.07. The Morgan fingerprint density at radius 2 is 1.65 bits per heavy atom. The summed E-state index contributed by atoms with van der Waals surface area (Å²) in [6, 6.07) is 7.18. The summed E-state index contributed by atoms with van der Waals surface area (Å²) in [4.78, 5) is 22.8. The van der Waals surface area contributed by atoms with E-state index in [-0.39, 0.29) is 11.8 Å². The number of unbranched alkanes of at least 4 members (excludes halogenated alkanes) is 4. The summed E-state index contributed by atoms with van der Waals surface area (Å²) < 4.78 is 0. The fraction of sp³-hybridized carbons (Fsp3) is 0.500. The number of nitrogens with one attached hydrogen (secondary N) is 2. The van der Waals surface area contributed by atoms with Crippen LogP contribution in [0.4, 0.5) is 11.4 Å². The topological polar surface area (TPSA) is 58.2 Å². The van der Waals surface area contributed by atoms with Crippen molar-refractivity contribution in [3.8, 4) is 0 Å². The van der Waals surface area contributed by atoms with Gasteiger partial charge >= 0.3 is 0 Å². The van der Waals surface area contributed by atoms with Gasteiger partial charge < -0.3 is 10.6 Å². The average Bonchev–Trinajstić information content (AvgIpc) is 2.38. The van der Waals surface area contributed by atoms with Crippen molar-refractivity contribution in [1.29, 1.82) is 0 Å². The summed E-state index contributed by atoms with van der Waals surface area (Å²) in [7, 11) is 0. The molecule has 0 unspecified atom stereocenters. The van der Waals surface area contributed by atoms with Gasteiger partial charge in [0.05, 0.1) is 0 Å². The van der Waals surface area contributed by atoms with Gasteiger partial charge in [-0.25, -0.2) is 0 Å². The highest BCUT2D eigenvalue weighted by atomic mass is 16.2. The average molecular weight is 276 g/mol. The van der Waals surface area contributed by atoms with E-state index in [1.54, 1.807) is 12.1 Å². The highest BCUT2D eigenvalue weighted by Crippen LogP contribution is 2.15. The number of benzene rings is 1. The minimum Gasteiger partial charge on any atom is -0.326 e. The van der Waals surface area contributed by atoms with Crippen LogP contribution in [-0.4, -0.2) is 11.8 Å². The van der Waals surface area contributed by atoms with E-state index in [1.165, 1.54) is 26.2 Å². The molecule has 0 saturated carbocycles. The fourth-order valence-electron chi connectivity index (χ4n) is 1.99. The first-order valence-corrected chi connectivity index (χ1v) is 7.29. The van der Waals surface area contributed by atoms with E-state index in [9.17, 15) is 9.59 Å². The van der Waals surface area contributed by atoms with Crippen LogP contribution < -0.4 is 10.6 Å². The van der Waals surface area contributed by atoms with Gasteiger partial charge in [0.2, 0.25) is 11.8 Å². The van der Waals surface area contributed by atoms with Crippen LogP contribution in [0.5, 0.6) is 0 Å². The Morgan fingerprint density at radius 1 is 1.00 bits per heavy atom. The minimum absolute atomic E-state index is 0.0291. The summed E-state index contributed by atoms with van der Waals surface area (Å²) in [5, 5.41) is 5.55. The maximum Gasteiger partial charge on any atom is 0.224 e. The molecule has 0 aliphatic heterocycles. The quantitative estimate of drug-likeness (QED) is 0.706. The molecule has 1 aromatic carbocycles. The predicted molar refractivity (Wildman–Crippen MR) is 82.8 cm³/mol. The maximum atomic E-state index is 11.8. The molecule has 0 saturated heterocycles. The van der Waals surface area contributed by atoms with E-state index in [1.807, 2.05) is 12.1 Å². The van der Waals surface area contributed by atoms with Crippen LogP contribution in [0, 0.1) is 0 Å². The molecule has 0 aliphatic carbocycles. The van der Waals surface area contributed by atoms with Crippen LogP contribution in [0.2, 0.25) is 0 Å². The van der Waals surface area contributed by atoms with E-state index in [0.717, 1.165) is 18.5 Å². The molecule has 4 nitrogen and oxygen atoms in total. The molecule has 1 aromatic rings. The van der Waals surface area contributed by atoms with Crippen molar-refractivity contribution >= 4 is 23.2 Å². The molecule has 2 N–H and O–H groups in total. The van der Waals surface area contributed by atoms with Crippen molar-refractivity contribution in [2.75, 3.05) is 10.6 Å². The number of hydrogen-bond donors (Lipinski definition) is 2. The van der Waals surface area contributed by atoms with Gasteiger partial charge in [0, 0.05) is 24.7 Å². The Morgan fingerprint density at radius 3 is 2.30 bits per heavy atom. The van der Waals surface area contributed by atoms with Crippen LogP contribution in [0.25, 0.3) is 0 Å². The first-order chi connectivity index (χ1) is 9.61. The van der Waals surface area contributed by atoms with Crippen molar-refractivity contribution in [2.45, 2.75) is 52.4 Å². The molecule has 0 atom stereocenters. The molecule has 0 heterocycles. The molecule has 0 radical (unpaired) electrons. The van der Waals surface area contributed by atoms with E-state index < -0.39 is 0 Å². The van der Waals surface area contributed by atoms with Crippen LogP contribution in [0.1, 0.15) is 52.4 Å². The molecule has 1 rings (SSSR count). The monoisotopic (exact) mass is 276 g/mol. The second kappa shape index (κ2) is 9.13. The lowest BCUT2D eigenvalue weighted by atomic mass is 10.1. The summed E-state index contributed by atoms with van der Waals surface area (Å²) >= 11 is 0. The Hall–Kier alpha value is -1.84. The second-order valence-electron chi connectivity index (χ2n) is 4.97. The highest BCUT2D eigenvalue weighted by Gasteiger charge is 2.03. The molecule has 4 heteroatoms. The van der Waals surface area contributed by atoms with Crippen molar-refractivity contribution in [3.05, 3.63) is 24.3 Å². The van der Waals surface area contributed by atoms with Crippen LogP contribution >= 0.6 is 0 Å². The number of anilines is 2. The van der Waals surface area contributed by atoms with E-state index >= 15 is 0 Å². The van der Waals surface area contributed by atoms with Crippen molar-refractivity contribution in [3.63, 3.8) is 0 Å². The number of rotatable bonds is 8. The number of carbonyl (C=O) groups excluding carboxylic acids is 2. The zero-order valence-corrected chi connectivity index (χ0v) is 12.4. The predicted octanol–water partition coefficient (Wildman–Crippen LogP) is 3.94. The van der Waals surface area contributed by atoms with Gasteiger partial charge in [-0.1, -0.05) is 38.7 Å². The number of hydrogen-bond acceptors (Lipinski definition) is 2. The molecule has 0 aliphatic rings. The Labute approximate surface area is 121 Å². The van der Waals surface area contributed by atoms with E-state index in [0.29, 0.717) is 12.1 Å². The minimum atomic E-state index is -0.121. The van der Waals surface area contributed by atoms with Gasteiger partial charge in [-0.2, -0.15) is 0 Å². The second-order valence-corrected chi connectivity index (χ2v) is 4.97. The normalized spacial score (nSPS) is 10.1. The Bertz CT molecular complexity index is 444. The van der Waals surface area contributed by atoms with Gasteiger partial charge in [0.25, 0.3) is 0 Å². The van der Waals surface area contributed by atoms with Crippen LogP contribution in [-0.2, 0) is 9.59 Å². The molecule has 0 aromatic heterocycles. The van der Waals surface area contributed by atoms with E-state index in [4.69, 9.17) is 0 Å². The SMILES string of the molecule is CCCCCCCC(=O)Nc1cccc(NC(C)=O)c1. The van der Waals surface area contributed by atoms with E-state index in [2.05, 4.69) is 17.6 Å². The lowest BCUT2D eigenvalue weighted by molar-refractivity contribution is -0.116.